The summed E-state index contributed by atoms with van der Waals surface area (Å²) in [5.41, 5.74) is 0.586. The Hall–Kier alpha value is -2.77. The number of nitro benzene ring substituents is 1. The first-order valence-electron chi connectivity index (χ1n) is 6.73. The topological polar surface area (TPSA) is 113 Å². The van der Waals surface area contributed by atoms with Crippen LogP contribution in [0.1, 0.15) is 18.7 Å². The first kappa shape index (κ1) is 14.2. The molecule has 1 fully saturated rings. The van der Waals surface area contributed by atoms with Gasteiger partial charge < -0.3 is 13.9 Å². The quantitative estimate of drug-likeness (QED) is 0.358. The van der Waals surface area contributed by atoms with Crippen molar-refractivity contribution in [1.29, 1.82) is 0 Å². The van der Waals surface area contributed by atoms with Gasteiger partial charge in [0.1, 0.15) is 11.8 Å². The fourth-order valence-corrected chi connectivity index (χ4v) is 2.55. The molecule has 2 aromatic rings. The molecule has 0 N–H and O–H groups in total. The molecule has 3 atom stereocenters. The number of oxazole rings is 1. The van der Waals surface area contributed by atoms with Gasteiger partial charge >= 0.3 is 5.97 Å². The van der Waals surface area contributed by atoms with Gasteiger partial charge in [0.25, 0.3) is 5.69 Å². The lowest BCUT2D eigenvalue weighted by molar-refractivity contribution is -0.384. The van der Waals surface area contributed by atoms with Crippen LogP contribution in [0.2, 0.25) is 0 Å². The molecule has 1 aliphatic carbocycles. The maximum atomic E-state index is 11.8. The van der Waals surface area contributed by atoms with Gasteiger partial charge in [0.2, 0.25) is 0 Å². The highest BCUT2D eigenvalue weighted by Gasteiger charge is 2.59. The Balaban J connectivity index is 1.92. The van der Waals surface area contributed by atoms with Crippen molar-refractivity contribution in [2.75, 3.05) is 6.61 Å². The monoisotopic (exact) mass is 304 g/mol. The van der Waals surface area contributed by atoms with E-state index in [1.165, 1.54) is 18.2 Å². The number of carbonyl (C=O) groups is 2. The van der Waals surface area contributed by atoms with Crippen LogP contribution in [-0.4, -0.2) is 28.8 Å². The van der Waals surface area contributed by atoms with Crippen molar-refractivity contribution in [3.05, 3.63) is 34.2 Å². The standard InChI is InChI=1S/C14H12N2O6/c1-2-21-14(18)12-8(6-17)11(12)13-15-9-4-3-7(16(19)20)5-10(9)22-13/h3-6,8,11-12H,2H2,1H3/t8-,11-,12+/m0/s1. The third-order valence-electron chi connectivity index (χ3n) is 3.68. The Labute approximate surface area is 124 Å². The molecular weight excluding hydrogens is 292 g/mol. The van der Waals surface area contributed by atoms with Crippen LogP contribution < -0.4 is 0 Å². The number of ether oxygens (including phenoxy) is 1. The van der Waals surface area contributed by atoms with Gasteiger partial charge in [-0.1, -0.05) is 0 Å². The van der Waals surface area contributed by atoms with Crippen molar-refractivity contribution >= 4 is 29.0 Å². The molecule has 3 rings (SSSR count). The number of rotatable bonds is 5. The van der Waals surface area contributed by atoms with E-state index in [0.717, 1.165) is 0 Å². The second-order valence-electron chi connectivity index (χ2n) is 4.98. The first-order valence-corrected chi connectivity index (χ1v) is 6.73. The summed E-state index contributed by atoms with van der Waals surface area (Å²) >= 11 is 0. The number of esters is 1. The molecule has 0 spiro atoms. The fourth-order valence-electron chi connectivity index (χ4n) is 2.55. The van der Waals surface area contributed by atoms with E-state index in [-0.39, 0.29) is 23.8 Å². The predicted molar refractivity (Wildman–Crippen MR) is 73.1 cm³/mol. The number of non-ortho nitro benzene ring substituents is 1. The third-order valence-corrected chi connectivity index (χ3v) is 3.68. The Bertz CT molecular complexity index is 768. The van der Waals surface area contributed by atoms with E-state index in [1.807, 2.05) is 0 Å². The number of benzene rings is 1. The zero-order valence-electron chi connectivity index (χ0n) is 11.6. The summed E-state index contributed by atoms with van der Waals surface area (Å²) in [7, 11) is 0. The minimum absolute atomic E-state index is 0.111. The van der Waals surface area contributed by atoms with Crippen molar-refractivity contribution in [2.45, 2.75) is 12.8 Å². The molecule has 1 heterocycles. The average molecular weight is 304 g/mol. The Morgan fingerprint density at radius 3 is 2.95 bits per heavy atom. The molecule has 1 aromatic heterocycles. The maximum Gasteiger partial charge on any atom is 0.310 e. The van der Waals surface area contributed by atoms with Crippen LogP contribution in [0.3, 0.4) is 0 Å². The first-order chi connectivity index (χ1) is 10.6. The molecule has 22 heavy (non-hydrogen) atoms. The van der Waals surface area contributed by atoms with Gasteiger partial charge in [-0.2, -0.15) is 0 Å². The highest BCUT2D eigenvalue weighted by Crippen LogP contribution is 2.53. The van der Waals surface area contributed by atoms with E-state index in [4.69, 9.17) is 9.15 Å². The van der Waals surface area contributed by atoms with E-state index in [9.17, 15) is 19.7 Å². The normalized spacial score (nSPS) is 23.2. The van der Waals surface area contributed by atoms with E-state index in [1.54, 1.807) is 6.92 Å². The highest BCUT2D eigenvalue weighted by atomic mass is 16.6. The van der Waals surface area contributed by atoms with Crippen molar-refractivity contribution in [2.24, 2.45) is 11.8 Å². The molecule has 1 aliphatic rings. The molecule has 0 saturated heterocycles. The number of carbonyl (C=O) groups excluding carboxylic acids is 2. The molecular formula is C14H12N2O6. The zero-order chi connectivity index (χ0) is 15.9. The molecule has 0 unspecified atom stereocenters. The molecule has 0 radical (unpaired) electrons. The molecule has 8 nitrogen and oxygen atoms in total. The Morgan fingerprint density at radius 2 is 2.32 bits per heavy atom. The highest BCUT2D eigenvalue weighted by molar-refractivity contribution is 5.85. The van der Waals surface area contributed by atoms with Crippen LogP contribution in [0.25, 0.3) is 11.1 Å². The van der Waals surface area contributed by atoms with Crippen molar-refractivity contribution in [1.82, 2.24) is 4.98 Å². The number of nitrogens with zero attached hydrogens (tertiary/aromatic N) is 2. The lowest BCUT2D eigenvalue weighted by Crippen LogP contribution is -2.08. The summed E-state index contributed by atoms with van der Waals surface area (Å²) < 4.78 is 10.4. The van der Waals surface area contributed by atoms with E-state index >= 15 is 0 Å². The van der Waals surface area contributed by atoms with Gasteiger partial charge in [-0.25, -0.2) is 4.98 Å². The van der Waals surface area contributed by atoms with E-state index in [0.29, 0.717) is 11.8 Å². The summed E-state index contributed by atoms with van der Waals surface area (Å²) in [5.74, 6) is -1.82. The maximum absolute atomic E-state index is 11.8. The average Bonchev–Trinajstić information content (AvgIpc) is 3.09. The molecule has 1 aromatic carbocycles. The summed E-state index contributed by atoms with van der Waals surface area (Å²) in [6.45, 7) is 1.91. The van der Waals surface area contributed by atoms with Gasteiger partial charge in [-0.15, -0.1) is 0 Å². The van der Waals surface area contributed by atoms with Crippen LogP contribution in [0, 0.1) is 22.0 Å². The van der Waals surface area contributed by atoms with Gasteiger partial charge in [-0.05, 0) is 13.0 Å². The number of nitro groups is 1. The summed E-state index contributed by atoms with van der Waals surface area (Å²) in [6.07, 6.45) is 0.684. The number of aromatic nitrogens is 1. The molecule has 0 aliphatic heterocycles. The number of hydrogen-bond donors (Lipinski definition) is 0. The molecule has 0 bridgehead atoms. The fraction of sp³-hybridized carbons (Fsp3) is 0.357. The van der Waals surface area contributed by atoms with Gasteiger partial charge in [0.05, 0.1) is 29.4 Å². The smallest absolute Gasteiger partial charge is 0.310 e. The minimum atomic E-state index is -0.597. The second-order valence-corrected chi connectivity index (χ2v) is 4.98. The van der Waals surface area contributed by atoms with Gasteiger partial charge in [-0.3, -0.25) is 14.9 Å². The van der Waals surface area contributed by atoms with Gasteiger partial charge in [0, 0.05) is 12.0 Å². The predicted octanol–water partition coefficient (Wildman–Crippen LogP) is 1.83. The van der Waals surface area contributed by atoms with Crippen molar-refractivity contribution < 1.29 is 23.7 Å². The second kappa shape index (κ2) is 5.21. The lowest BCUT2D eigenvalue weighted by Gasteiger charge is -1.98. The van der Waals surface area contributed by atoms with E-state index in [2.05, 4.69) is 4.98 Å². The van der Waals surface area contributed by atoms with Crippen LogP contribution in [-0.2, 0) is 14.3 Å². The Morgan fingerprint density at radius 1 is 1.55 bits per heavy atom. The number of fused-ring (bicyclic) bond motifs is 1. The van der Waals surface area contributed by atoms with Crippen molar-refractivity contribution in [3.63, 3.8) is 0 Å². The molecule has 0 amide bonds. The molecule has 8 heteroatoms. The number of aldehydes is 1. The van der Waals surface area contributed by atoms with Crippen LogP contribution >= 0.6 is 0 Å². The minimum Gasteiger partial charge on any atom is -0.466 e. The third kappa shape index (κ3) is 2.22. The van der Waals surface area contributed by atoms with Crippen molar-refractivity contribution in [3.8, 4) is 0 Å². The van der Waals surface area contributed by atoms with Gasteiger partial charge in [0.15, 0.2) is 11.5 Å². The largest absolute Gasteiger partial charge is 0.466 e. The molecule has 114 valence electrons. The Kier molecular flexibility index (Phi) is 3.36. The van der Waals surface area contributed by atoms with Crippen LogP contribution in [0.4, 0.5) is 5.69 Å². The van der Waals surface area contributed by atoms with Crippen LogP contribution in [0.15, 0.2) is 22.6 Å². The SMILES string of the molecule is CCOC(=O)[C@@H]1[C@@H](C=O)[C@@H]1c1nc2ccc([N+](=O)[O-])cc2o1. The summed E-state index contributed by atoms with van der Waals surface area (Å²) in [6, 6.07) is 4.06. The summed E-state index contributed by atoms with van der Waals surface area (Å²) in [5, 5.41) is 10.7. The zero-order valence-corrected chi connectivity index (χ0v) is 11.6. The lowest BCUT2D eigenvalue weighted by atomic mass is 10.3. The van der Waals surface area contributed by atoms with E-state index < -0.39 is 28.6 Å². The number of hydrogen-bond acceptors (Lipinski definition) is 7. The summed E-state index contributed by atoms with van der Waals surface area (Å²) in [4.78, 5) is 37.3. The van der Waals surface area contributed by atoms with Crippen LogP contribution in [0.5, 0.6) is 0 Å². The molecule has 1 saturated carbocycles.